The smallest absolute Gasteiger partial charge is 0.231 e. The molecule has 0 fully saturated rings. The number of para-hydroxylation sites is 1. The third kappa shape index (κ3) is 1.31. The molecule has 0 spiro atoms. The molecule has 0 radical (unpaired) electrons. The lowest BCUT2D eigenvalue weighted by Crippen LogP contribution is -2.14. The number of aromatic nitrogens is 3. The highest BCUT2D eigenvalue weighted by molar-refractivity contribution is 6.26. The van der Waals surface area contributed by atoms with E-state index in [9.17, 15) is 4.79 Å². The predicted molar refractivity (Wildman–Crippen MR) is 83.7 cm³/mol. The lowest BCUT2D eigenvalue weighted by Gasteiger charge is -2.18. The van der Waals surface area contributed by atoms with Crippen molar-refractivity contribution in [2.75, 3.05) is 0 Å². The summed E-state index contributed by atoms with van der Waals surface area (Å²) in [6.07, 6.45) is 3.41. The summed E-state index contributed by atoms with van der Waals surface area (Å²) in [5.74, 6) is -0.133. The molecule has 3 aromatic heterocycles. The molecule has 4 aromatic rings. The molecule has 1 aliphatic carbocycles. The van der Waals surface area contributed by atoms with Crippen LogP contribution in [0.15, 0.2) is 54.9 Å². The van der Waals surface area contributed by atoms with Gasteiger partial charge in [-0.1, -0.05) is 18.2 Å². The second kappa shape index (κ2) is 3.95. The molecule has 4 heteroatoms. The van der Waals surface area contributed by atoms with Gasteiger partial charge in [0.2, 0.25) is 5.78 Å². The highest BCUT2D eigenvalue weighted by Crippen LogP contribution is 2.38. The zero-order chi connectivity index (χ0) is 14.7. The Labute approximate surface area is 125 Å². The van der Waals surface area contributed by atoms with Crippen molar-refractivity contribution in [1.29, 1.82) is 0 Å². The number of hydrogen-bond donors (Lipinski definition) is 0. The molecule has 0 saturated carbocycles. The number of benzene rings is 1. The van der Waals surface area contributed by atoms with Gasteiger partial charge in [0, 0.05) is 28.7 Å². The second-order valence-electron chi connectivity index (χ2n) is 5.29. The topological polar surface area (TPSA) is 55.7 Å². The first-order chi connectivity index (χ1) is 10.8. The summed E-state index contributed by atoms with van der Waals surface area (Å²) in [7, 11) is 0. The van der Waals surface area contributed by atoms with Crippen LogP contribution in [0.4, 0.5) is 0 Å². The van der Waals surface area contributed by atoms with Crippen molar-refractivity contribution in [2.45, 2.75) is 0 Å². The maximum atomic E-state index is 12.8. The molecule has 0 unspecified atom stereocenters. The SMILES string of the molecule is O=C1c2ncccc2-c2nccc3c2c1nc1ccccc13. The lowest BCUT2D eigenvalue weighted by atomic mass is 9.90. The summed E-state index contributed by atoms with van der Waals surface area (Å²) < 4.78 is 0. The molecule has 1 aromatic carbocycles. The first-order valence-corrected chi connectivity index (χ1v) is 7.02. The van der Waals surface area contributed by atoms with Crippen LogP contribution in [-0.4, -0.2) is 20.7 Å². The highest BCUT2D eigenvalue weighted by Gasteiger charge is 2.29. The van der Waals surface area contributed by atoms with Crippen LogP contribution in [0.3, 0.4) is 0 Å². The molecule has 0 aliphatic heterocycles. The van der Waals surface area contributed by atoms with Crippen molar-refractivity contribution >= 4 is 27.5 Å². The Balaban J connectivity index is 2.09. The van der Waals surface area contributed by atoms with E-state index in [1.807, 2.05) is 42.5 Å². The summed E-state index contributed by atoms with van der Waals surface area (Å²) in [4.78, 5) is 26.1. The summed E-state index contributed by atoms with van der Waals surface area (Å²) in [6, 6.07) is 13.5. The average molecular weight is 283 g/mol. The van der Waals surface area contributed by atoms with E-state index >= 15 is 0 Å². The Bertz CT molecular complexity index is 1100. The second-order valence-corrected chi connectivity index (χ2v) is 5.29. The van der Waals surface area contributed by atoms with Gasteiger partial charge in [0.05, 0.1) is 11.2 Å². The van der Waals surface area contributed by atoms with E-state index in [-0.39, 0.29) is 5.78 Å². The van der Waals surface area contributed by atoms with Crippen LogP contribution in [-0.2, 0) is 0 Å². The van der Waals surface area contributed by atoms with Crippen LogP contribution < -0.4 is 0 Å². The Hall–Kier alpha value is -3.14. The van der Waals surface area contributed by atoms with E-state index in [2.05, 4.69) is 15.0 Å². The van der Waals surface area contributed by atoms with Crippen molar-refractivity contribution in [2.24, 2.45) is 0 Å². The van der Waals surface area contributed by atoms with Gasteiger partial charge in [0.15, 0.2) is 0 Å². The highest BCUT2D eigenvalue weighted by atomic mass is 16.1. The quantitative estimate of drug-likeness (QED) is 0.409. The normalized spacial score (nSPS) is 12.6. The van der Waals surface area contributed by atoms with Gasteiger partial charge >= 0.3 is 0 Å². The molecule has 0 atom stereocenters. The average Bonchev–Trinajstić information content (AvgIpc) is 2.59. The minimum Gasteiger partial charge on any atom is -0.285 e. The monoisotopic (exact) mass is 283 g/mol. The fraction of sp³-hybridized carbons (Fsp3) is 0. The number of hydrogen-bond acceptors (Lipinski definition) is 4. The first-order valence-electron chi connectivity index (χ1n) is 7.02. The molecule has 0 amide bonds. The minimum atomic E-state index is -0.133. The van der Waals surface area contributed by atoms with Gasteiger partial charge in [-0.2, -0.15) is 0 Å². The third-order valence-electron chi connectivity index (χ3n) is 4.11. The van der Waals surface area contributed by atoms with E-state index < -0.39 is 0 Å². The zero-order valence-electron chi connectivity index (χ0n) is 11.4. The van der Waals surface area contributed by atoms with Crippen LogP contribution in [0.2, 0.25) is 0 Å². The summed E-state index contributed by atoms with van der Waals surface area (Å²) >= 11 is 0. The Morgan fingerprint density at radius 2 is 1.59 bits per heavy atom. The van der Waals surface area contributed by atoms with Gasteiger partial charge < -0.3 is 0 Å². The van der Waals surface area contributed by atoms with Gasteiger partial charge in [-0.3, -0.25) is 14.8 Å². The fourth-order valence-corrected chi connectivity index (χ4v) is 3.16. The van der Waals surface area contributed by atoms with E-state index in [1.54, 1.807) is 12.4 Å². The van der Waals surface area contributed by atoms with Crippen molar-refractivity contribution in [3.05, 3.63) is 66.2 Å². The molecule has 102 valence electrons. The molecule has 4 nitrogen and oxygen atoms in total. The van der Waals surface area contributed by atoms with Crippen molar-refractivity contribution in [1.82, 2.24) is 15.0 Å². The molecule has 0 bridgehead atoms. The lowest BCUT2D eigenvalue weighted by molar-refractivity contribution is 0.103. The third-order valence-corrected chi connectivity index (χ3v) is 4.11. The molecule has 0 N–H and O–H groups in total. The zero-order valence-corrected chi connectivity index (χ0v) is 11.4. The number of carbonyl (C=O) groups excluding carboxylic acids is 1. The van der Waals surface area contributed by atoms with Crippen molar-refractivity contribution in [3.8, 4) is 11.3 Å². The van der Waals surface area contributed by atoms with E-state index in [4.69, 9.17) is 0 Å². The molecular weight excluding hydrogens is 274 g/mol. The molecule has 0 saturated heterocycles. The van der Waals surface area contributed by atoms with Crippen molar-refractivity contribution in [3.63, 3.8) is 0 Å². The van der Waals surface area contributed by atoms with Gasteiger partial charge in [0.1, 0.15) is 11.4 Å². The van der Waals surface area contributed by atoms with Gasteiger partial charge in [0.25, 0.3) is 0 Å². The van der Waals surface area contributed by atoms with Crippen LogP contribution >= 0.6 is 0 Å². The summed E-state index contributed by atoms with van der Waals surface area (Å²) in [5, 5.41) is 2.87. The first kappa shape index (κ1) is 11.5. The minimum absolute atomic E-state index is 0.133. The number of nitrogens with zero attached hydrogens (tertiary/aromatic N) is 3. The number of carbonyl (C=O) groups is 1. The van der Waals surface area contributed by atoms with E-state index in [0.717, 1.165) is 32.9 Å². The van der Waals surface area contributed by atoms with E-state index in [0.29, 0.717) is 11.4 Å². The van der Waals surface area contributed by atoms with E-state index in [1.165, 1.54) is 0 Å². The fourth-order valence-electron chi connectivity index (χ4n) is 3.16. The van der Waals surface area contributed by atoms with Crippen LogP contribution in [0.1, 0.15) is 16.2 Å². The Kier molecular flexibility index (Phi) is 2.07. The number of pyridine rings is 3. The number of rotatable bonds is 0. The number of fused-ring (bicyclic) bond motifs is 4. The maximum Gasteiger partial charge on any atom is 0.231 e. The van der Waals surface area contributed by atoms with Gasteiger partial charge in [-0.05, 0) is 29.7 Å². The molecular formula is C18H9N3O. The molecule has 3 heterocycles. The summed E-state index contributed by atoms with van der Waals surface area (Å²) in [6.45, 7) is 0. The van der Waals surface area contributed by atoms with Gasteiger partial charge in [-0.25, -0.2) is 4.98 Å². The van der Waals surface area contributed by atoms with Crippen LogP contribution in [0.5, 0.6) is 0 Å². The Morgan fingerprint density at radius 3 is 2.55 bits per heavy atom. The Morgan fingerprint density at radius 1 is 0.727 bits per heavy atom. The van der Waals surface area contributed by atoms with Crippen molar-refractivity contribution < 1.29 is 4.79 Å². The molecule has 5 rings (SSSR count). The standard InChI is InChI=1S/C18H9N3O/c22-18-16-12(5-3-8-19-16)15-14-11(7-9-20-15)10-4-1-2-6-13(10)21-17(14)18/h1-9H. The van der Waals surface area contributed by atoms with Gasteiger partial charge in [-0.15, -0.1) is 0 Å². The molecule has 22 heavy (non-hydrogen) atoms. The summed E-state index contributed by atoms with van der Waals surface area (Å²) in [5.41, 5.74) is 3.26. The number of ketones is 1. The maximum absolute atomic E-state index is 12.8. The van der Waals surface area contributed by atoms with Crippen LogP contribution in [0.25, 0.3) is 32.9 Å². The largest absolute Gasteiger partial charge is 0.285 e. The van der Waals surface area contributed by atoms with Crippen LogP contribution in [0, 0.1) is 0 Å². The predicted octanol–water partition coefficient (Wildman–Crippen LogP) is 3.39. The molecule has 1 aliphatic rings.